The second-order valence-corrected chi connectivity index (χ2v) is 9.56. The molecule has 9 nitrogen and oxygen atoms in total. The van der Waals surface area contributed by atoms with Gasteiger partial charge in [0, 0.05) is 37.4 Å². The first-order chi connectivity index (χ1) is 16.6. The van der Waals surface area contributed by atoms with Crippen molar-refractivity contribution in [2.45, 2.75) is 77.3 Å². The van der Waals surface area contributed by atoms with Crippen molar-refractivity contribution >= 4 is 10.9 Å². The highest BCUT2D eigenvalue weighted by Crippen LogP contribution is 2.27. The number of tetrazole rings is 1. The van der Waals surface area contributed by atoms with Gasteiger partial charge in [0.1, 0.15) is 0 Å². The lowest BCUT2D eigenvalue weighted by atomic mass is 10.1. The first-order valence-corrected chi connectivity index (χ1v) is 12.5. The van der Waals surface area contributed by atoms with E-state index in [9.17, 15) is 4.79 Å². The van der Waals surface area contributed by atoms with Gasteiger partial charge in [0.15, 0.2) is 5.82 Å². The molecular formula is C25H34N6O3. The Morgan fingerprint density at radius 3 is 2.71 bits per heavy atom. The Morgan fingerprint density at radius 1 is 1.18 bits per heavy atom. The number of fused-ring (bicyclic) bond motifs is 1. The fourth-order valence-electron chi connectivity index (χ4n) is 5.22. The Labute approximate surface area is 199 Å². The van der Waals surface area contributed by atoms with Gasteiger partial charge >= 0.3 is 0 Å². The summed E-state index contributed by atoms with van der Waals surface area (Å²) in [5.74, 6) is 0.823. The lowest BCUT2D eigenvalue weighted by Gasteiger charge is -2.32. The SMILES string of the molecule is CC[C@H](c1nnnn1C[C@@H]1CCCO1)N(Cc1cc2cc(C)ccc2[nH]c1=O)C[C@H]1CCCO1. The van der Waals surface area contributed by atoms with Crippen LogP contribution in [-0.4, -0.2) is 62.1 Å². The van der Waals surface area contributed by atoms with Crippen molar-refractivity contribution in [2.24, 2.45) is 0 Å². The number of rotatable bonds is 9. The quantitative estimate of drug-likeness (QED) is 0.517. The van der Waals surface area contributed by atoms with E-state index in [0.29, 0.717) is 13.1 Å². The summed E-state index contributed by atoms with van der Waals surface area (Å²) in [7, 11) is 0. The average molecular weight is 467 g/mol. The van der Waals surface area contributed by atoms with Gasteiger partial charge in [-0.15, -0.1) is 5.10 Å². The smallest absolute Gasteiger partial charge is 0.252 e. The van der Waals surface area contributed by atoms with Crippen LogP contribution in [0, 0.1) is 6.92 Å². The topological polar surface area (TPSA) is 98.2 Å². The van der Waals surface area contributed by atoms with Crippen molar-refractivity contribution in [1.82, 2.24) is 30.1 Å². The molecule has 9 heteroatoms. The van der Waals surface area contributed by atoms with Crippen LogP contribution in [0.4, 0.5) is 0 Å². The minimum absolute atomic E-state index is 0.0341. The van der Waals surface area contributed by atoms with Crippen LogP contribution >= 0.6 is 0 Å². The van der Waals surface area contributed by atoms with Gasteiger partial charge in [0.25, 0.3) is 5.56 Å². The molecule has 2 aromatic heterocycles. The molecule has 1 N–H and O–H groups in total. The van der Waals surface area contributed by atoms with Crippen LogP contribution in [-0.2, 0) is 22.6 Å². The number of aryl methyl sites for hydroxylation is 1. The maximum atomic E-state index is 13.0. The molecule has 1 aromatic carbocycles. The molecule has 4 heterocycles. The van der Waals surface area contributed by atoms with Crippen LogP contribution in [0.5, 0.6) is 0 Å². The highest BCUT2D eigenvalue weighted by atomic mass is 16.5. The molecule has 0 spiro atoms. The Balaban J connectivity index is 1.46. The van der Waals surface area contributed by atoms with Crippen molar-refractivity contribution in [1.29, 1.82) is 0 Å². The second-order valence-electron chi connectivity index (χ2n) is 9.56. The molecule has 3 aromatic rings. The van der Waals surface area contributed by atoms with E-state index in [0.717, 1.165) is 74.2 Å². The monoisotopic (exact) mass is 466 g/mol. The molecule has 182 valence electrons. The zero-order valence-electron chi connectivity index (χ0n) is 20.1. The van der Waals surface area contributed by atoms with E-state index >= 15 is 0 Å². The van der Waals surface area contributed by atoms with Crippen molar-refractivity contribution in [2.75, 3.05) is 19.8 Å². The highest BCUT2D eigenvalue weighted by molar-refractivity contribution is 5.79. The molecule has 0 aliphatic carbocycles. The van der Waals surface area contributed by atoms with E-state index in [1.54, 1.807) is 0 Å². The van der Waals surface area contributed by atoms with Crippen LogP contribution in [0.15, 0.2) is 29.1 Å². The Morgan fingerprint density at radius 2 is 1.97 bits per heavy atom. The summed E-state index contributed by atoms with van der Waals surface area (Å²) in [6.07, 6.45) is 5.33. The van der Waals surface area contributed by atoms with Gasteiger partial charge in [-0.1, -0.05) is 18.6 Å². The Kier molecular flexibility index (Phi) is 7.03. The number of nitrogens with zero attached hydrogens (tertiary/aromatic N) is 5. The van der Waals surface area contributed by atoms with Crippen molar-refractivity contribution < 1.29 is 9.47 Å². The molecule has 0 radical (unpaired) electrons. The number of ether oxygens (including phenoxy) is 2. The zero-order valence-corrected chi connectivity index (χ0v) is 20.1. The number of nitrogens with one attached hydrogen (secondary N) is 1. The third kappa shape index (κ3) is 5.06. The summed E-state index contributed by atoms with van der Waals surface area (Å²) >= 11 is 0. The average Bonchev–Trinajstić information content (AvgIpc) is 3.60. The number of pyridine rings is 1. The molecular weight excluding hydrogens is 432 g/mol. The fourth-order valence-corrected chi connectivity index (χ4v) is 5.22. The standard InChI is InChI=1S/C25H34N6O3/c1-3-23(24-27-28-29-31(24)16-21-7-5-11-34-21)30(15-20-6-4-10-33-20)14-19-13-18-12-17(2)8-9-22(18)26-25(19)32/h8-9,12-13,20-21,23H,3-7,10-11,14-16H2,1-2H3,(H,26,32)/t20-,21+,23-/m1/s1. The fraction of sp³-hybridized carbons (Fsp3) is 0.600. The predicted octanol–water partition coefficient (Wildman–Crippen LogP) is 3.13. The number of hydrogen-bond donors (Lipinski definition) is 1. The molecule has 2 saturated heterocycles. The van der Waals surface area contributed by atoms with Crippen molar-refractivity contribution in [3.8, 4) is 0 Å². The maximum absolute atomic E-state index is 13.0. The Bertz CT molecular complexity index is 1160. The van der Waals surface area contributed by atoms with E-state index < -0.39 is 0 Å². The number of benzene rings is 1. The molecule has 0 bridgehead atoms. The lowest BCUT2D eigenvalue weighted by molar-refractivity contribution is 0.0470. The lowest BCUT2D eigenvalue weighted by Crippen LogP contribution is -2.38. The van der Waals surface area contributed by atoms with Crippen LogP contribution < -0.4 is 5.56 Å². The molecule has 0 amide bonds. The summed E-state index contributed by atoms with van der Waals surface area (Å²) in [5, 5.41) is 13.8. The molecule has 34 heavy (non-hydrogen) atoms. The van der Waals surface area contributed by atoms with Gasteiger partial charge in [0.2, 0.25) is 0 Å². The van der Waals surface area contributed by atoms with Gasteiger partial charge in [-0.3, -0.25) is 9.69 Å². The number of H-pyrrole nitrogens is 1. The second kappa shape index (κ2) is 10.3. The molecule has 0 saturated carbocycles. The van der Waals surface area contributed by atoms with Gasteiger partial charge in [-0.05, 0) is 73.0 Å². The van der Waals surface area contributed by atoms with E-state index in [2.05, 4.69) is 45.3 Å². The first kappa shape index (κ1) is 23.1. The number of aromatic nitrogens is 5. The predicted molar refractivity (Wildman–Crippen MR) is 129 cm³/mol. The van der Waals surface area contributed by atoms with Gasteiger partial charge < -0.3 is 14.5 Å². The van der Waals surface area contributed by atoms with Gasteiger partial charge in [0.05, 0.1) is 24.8 Å². The first-order valence-electron chi connectivity index (χ1n) is 12.5. The van der Waals surface area contributed by atoms with Crippen LogP contribution in [0.25, 0.3) is 10.9 Å². The number of hydrogen-bond acceptors (Lipinski definition) is 7. The largest absolute Gasteiger partial charge is 0.377 e. The molecule has 2 fully saturated rings. The summed E-state index contributed by atoms with van der Waals surface area (Å²) in [4.78, 5) is 18.4. The van der Waals surface area contributed by atoms with Crippen LogP contribution in [0.2, 0.25) is 0 Å². The number of aromatic amines is 1. The van der Waals surface area contributed by atoms with E-state index in [1.807, 2.05) is 22.9 Å². The normalized spacial score (nSPS) is 21.6. The summed E-state index contributed by atoms with van der Waals surface area (Å²) in [6, 6.07) is 8.08. The van der Waals surface area contributed by atoms with Crippen molar-refractivity contribution in [3.63, 3.8) is 0 Å². The van der Waals surface area contributed by atoms with Crippen LogP contribution in [0.3, 0.4) is 0 Å². The minimum atomic E-state index is -0.0532. The minimum Gasteiger partial charge on any atom is -0.377 e. The van der Waals surface area contributed by atoms with E-state index in [-0.39, 0.29) is 23.8 Å². The Hall–Kier alpha value is -2.62. The summed E-state index contributed by atoms with van der Waals surface area (Å²) < 4.78 is 13.7. The maximum Gasteiger partial charge on any atom is 0.252 e. The highest BCUT2D eigenvalue weighted by Gasteiger charge is 2.30. The zero-order chi connectivity index (χ0) is 23.5. The molecule has 2 aliphatic heterocycles. The van der Waals surface area contributed by atoms with Gasteiger partial charge in [-0.25, -0.2) is 4.68 Å². The summed E-state index contributed by atoms with van der Waals surface area (Å²) in [6.45, 7) is 7.70. The van der Waals surface area contributed by atoms with Gasteiger partial charge in [-0.2, -0.15) is 0 Å². The van der Waals surface area contributed by atoms with E-state index in [4.69, 9.17) is 9.47 Å². The van der Waals surface area contributed by atoms with E-state index in [1.165, 1.54) is 5.56 Å². The molecule has 0 unspecified atom stereocenters. The van der Waals surface area contributed by atoms with Crippen molar-refractivity contribution in [3.05, 3.63) is 51.6 Å². The third-order valence-electron chi connectivity index (χ3n) is 7.00. The third-order valence-corrected chi connectivity index (χ3v) is 7.00. The molecule has 2 aliphatic rings. The summed E-state index contributed by atoms with van der Waals surface area (Å²) in [5.41, 5.74) is 2.72. The molecule has 3 atom stereocenters. The molecule has 5 rings (SSSR count). The van der Waals surface area contributed by atoms with Crippen LogP contribution in [0.1, 0.15) is 62.0 Å².